The molecule has 2 amide bonds. The molecule has 0 spiro atoms. The third-order valence-corrected chi connectivity index (χ3v) is 5.41. The summed E-state index contributed by atoms with van der Waals surface area (Å²) < 4.78 is 6.43. The number of amides is 2. The second-order valence-corrected chi connectivity index (χ2v) is 7.47. The molecule has 4 aromatic rings. The van der Waals surface area contributed by atoms with Gasteiger partial charge < -0.3 is 9.64 Å². The zero-order valence-corrected chi connectivity index (χ0v) is 18.3. The molecule has 0 aliphatic heterocycles. The largest absolute Gasteiger partial charge is 0.453 e. The van der Waals surface area contributed by atoms with Gasteiger partial charge >= 0.3 is 6.09 Å². The van der Waals surface area contributed by atoms with Crippen LogP contribution in [0, 0.1) is 13.8 Å². The van der Waals surface area contributed by atoms with Crippen molar-refractivity contribution in [1.29, 1.82) is 0 Å². The lowest BCUT2D eigenvalue weighted by Crippen LogP contribution is -2.26. The molecule has 4 rings (SSSR count). The highest BCUT2D eigenvalue weighted by Gasteiger charge is 2.16. The van der Waals surface area contributed by atoms with Gasteiger partial charge in [-0.05, 0) is 61.4 Å². The number of imidazole rings is 1. The number of anilines is 2. The summed E-state index contributed by atoms with van der Waals surface area (Å²) in [6.07, 6.45) is 4.54. The fourth-order valence-corrected chi connectivity index (χ4v) is 3.34. The number of pyridine rings is 2. The summed E-state index contributed by atoms with van der Waals surface area (Å²) in [6, 6.07) is 13.0. The molecule has 32 heavy (non-hydrogen) atoms. The molecule has 3 aromatic heterocycles. The van der Waals surface area contributed by atoms with Crippen LogP contribution >= 0.6 is 0 Å². The highest BCUT2D eigenvalue weighted by atomic mass is 16.5. The summed E-state index contributed by atoms with van der Waals surface area (Å²) in [5.41, 5.74) is 5.96. The fourth-order valence-electron chi connectivity index (χ4n) is 3.34. The molecule has 0 radical (unpaired) electrons. The normalized spacial score (nSPS) is 10.8. The molecule has 0 aliphatic rings. The Bertz CT molecular complexity index is 1310. The quantitative estimate of drug-likeness (QED) is 0.517. The molecule has 1 aromatic carbocycles. The molecule has 1 N–H and O–H groups in total. The minimum absolute atomic E-state index is 0.120. The van der Waals surface area contributed by atoms with Crippen molar-refractivity contribution in [2.45, 2.75) is 13.8 Å². The molecular weight excluding hydrogens is 406 g/mol. The Balaban J connectivity index is 1.64. The Labute approximate surface area is 185 Å². The van der Waals surface area contributed by atoms with Gasteiger partial charge in [0.15, 0.2) is 0 Å². The number of hydrogen-bond acceptors (Lipinski definition) is 5. The van der Waals surface area contributed by atoms with Gasteiger partial charge in [0.1, 0.15) is 11.5 Å². The minimum Gasteiger partial charge on any atom is -0.453 e. The monoisotopic (exact) mass is 429 g/mol. The van der Waals surface area contributed by atoms with Gasteiger partial charge in [-0.25, -0.2) is 14.8 Å². The Morgan fingerprint density at radius 2 is 1.81 bits per heavy atom. The van der Waals surface area contributed by atoms with Gasteiger partial charge in [-0.15, -0.1) is 0 Å². The molecular formula is C24H23N5O3. The van der Waals surface area contributed by atoms with Crippen LogP contribution in [-0.4, -0.2) is 40.5 Å². The van der Waals surface area contributed by atoms with Crippen LogP contribution in [0.4, 0.5) is 16.3 Å². The highest BCUT2D eigenvalue weighted by Crippen LogP contribution is 2.24. The number of carbonyl (C=O) groups excluding carboxylic acids is 2. The van der Waals surface area contributed by atoms with Crippen molar-refractivity contribution in [2.24, 2.45) is 0 Å². The Morgan fingerprint density at radius 1 is 1.00 bits per heavy atom. The maximum Gasteiger partial charge on any atom is 0.412 e. The van der Waals surface area contributed by atoms with Crippen molar-refractivity contribution in [3.05, 3.63) is 77.7 Å². The van der Waals surface area contributed by atoms with Gasteiger partial charge in [-0.2, -0.15) is 0 Å². The lowest BCUT2D eigenvalue weighted by atomic mass is 10.1. The molecule has 0 bridgehead atoms. The van der Waals surface area contributed by atoms with Crippen LogP contribution in [-0.2, 0) is 4.74 Å². The van der Waals surface area contributed by atoms with E-state index in [0.29, 0.717) is 17.0 Å². The van der Waals surface area contributed by atoms with Crippen LogP contribution in [0.1, 0.15) is 21.5 Å². The van der Waals surface area contributed by atoms with Crippen molar-refractivity contribution >= 4 is 29.2 Å². The number of hydrogen-bond donors (Lipinski definition) is 1. The number of benzene rings is 1. The topological polar surface area (TPSA) is 88.8 Å². The van der Waals surface area contributed by atoms with Crippen LogP contribution in [0.2, 0.25) is 0 Å². The van der Waals surface area contributed by atoms with E-state index < -0.39 is 6.09 Å². The number of carbonyl (C=O) groups is 2. The summed E-state index contributed by atoms with van der Waals surface area (Å²) in [7, 11) is 3.06. The Kier molecular flexibility index (Phi) is 5.59. The van der Waals surface area contributed by atoms with Crippen molar-refractivity contribution in [3.63, 3.8) is 0 Å². The number of fused-ring (bicyclic) bond motifs is 1. The number of rotatable bonds is 4. The minimum atomic E-state index is -0.587. The van der Waals surface area contributed by atoms with Gasteiger partial charge in [-0.1, -0.05) is 6.07 Å². The van der Waals surface area contributed by atoms with E-state index in [2.05, 4.69) is 20.0 Å². The predicted octanol–water partition coefficient (Wildman–Crippen LogP) is 4.47. The average Bonchev–Trinajstić information content (AvgIpc) is 3.23. The SMILES string of the molecule is COC(=O)Nc1ccc(-c2cnc3ccc(C(=O)N(C)c4ccc(C)c(C)c4)cn23)cn1. The molecule has 3 heterocycles. The van der Waals surface area contributed by atoms with Crippen LogP contribution in [0.15, 0.2) is 61.1 Å². The average molecular weight is 429 g/mol. The molecule has 0 aliphatic carbocycles. The summed E-state index contributed by atoms with van der Waals surface area (Å²) in [5.74, 6) is 0.255. The molecule has 0 atom stereocenters. The second-order valence-electron chi connectivity index (χ2n) is 7.47. The van der Waals surface area contributed by atoms with E-state index in [9.17, 15) is 9.59 Å². The summed E-state index contributed by atoms with van der Waals surface area (Å²) in [4.78, 5) is 34.8. The van der Waals surface area contributed by atoms with Gasteiger partial charge in [0.05, 0.1) is 24.6 Å². The van der Waals surface area contributed by atoms with Crippen molar-refractivity contribution in [3.8, 4) is 11.3 Å². The number of nitrogens with one attached hydrogen (secondary N) is 1. The van der Waals surface area contributed by atoms with Crippen LogP contribution in [0.25, 0.3) is 16.9 Å². The number of ether oxygens (including phenoxy) is 1. The lowest BCUT2D eigenvalue weighted by molar-refractivity contribution is 0.0992. The van der Waals surface area contributed by atoms with E-state index >= 15 is 0 Å². The van der Waals surface area contributed by atoms with Crippen LogP contribution < -0.4 is 10.2 Å². The second kappa shape index (κ2) is 8.50. The van der Waals surface area contributed by atoms with E-state index in [-0.39, 0.29) is 5.91 Å². The van der Waals surface area contributed by atoms with Crippen molar-refractivity contribution in [2.75, 3.05) is 24.4 Å². The van der Waals surface area contributed by atoms with Gasteiger partial charge in [0.2, 0.25) is 0 Å². The summed E-state index contributed by atoms with van der Waals surface area (Å²) in [5, 5.41) is 2.52. The van der Waals surface area contributed by atoms with E-state index in [1.165, 1.54) is 12.7 Å². The number of methoxy groups -OCH3 is 1. The zero-order chi connectivity index (χ0) is 22.8. The highest BCUT2D eigenvalue weighted by molar-refractivity contribution is 6.05. The first-order chi connectivity index (χ1) is 15.4. The standard InChI is InChI=1S/C24H23N5O3/c1-15-5-8-19(11-16(15)2)28(3)23(30)18-7-10-22-26-13-20(29(22)14-18)17-6-9-21(25-12-17)27-24(31)32-4/h5-14H,1-4H3,(H,25,27,31). The van der Waals surface area contributed by atoms with Gasteiger partial charge in [0, 0.05) is 30.7 Å². The molecule has 162 valence electrons. The van der Waals surface area contributed by atoms with E-state index in [1.807, 2.05) is 48.6 Å². The van der Waals surface area contributed by atoms with E-state index in [0.717, 1.165) is 22.5 Å². The Hall–Kier alpha value is -4.20. The fraction of sp³-hybridized carbons (Fsp3) is 0.167. The van der Waals surface area contributed by atoms with E-state index in [4.69, 9.17) is 0 Å². The van der Waals surface area contributed by atoms with Crippen LogP contribution in [0.3, 0.4) is 0 Å². The first-order valence-corrected chi connectivity index (χ1v) is 10.0. The molecule has 0 unspecified atom stereocenters. The number of aryl methyl sites for hydroxylation is 2. The molecule has 0 saturated carbocycles. The molecule has 8 nitrogen and oxygen atoms in total. The van der Waals surface area contributed by atoms with Crippen LogP contribution in [0.5, 0.6) is 0 Å². The maximum absolute atomic E-state index is 13.2. The van der Waals surface area contributed by atoms with Crippen molar-refractivity contribution in [1.82, 2.24) is 14.4 Å². The third kappa shape index (κ3) is 4.02. The zero-order valence-electron chi connectivity index (χ0n) is 18.3. The molecule has 0 fully saturated rings. The number of nitrogens with zero attached hydrogens (tertiary/aromatic N) is 4. The summed E-state index contributed by atoms with van der Waals surface area (Å²) >= 11 is 0. The van der Waals surface area contributed by atoms with E-state index in [1.54, 1.807) is 42.7 Å². The smallest absolute Gasteiger partial charge is 0.412 e. The van der Waals surface area contributed by atoms with Gasteiger partial charge in [0.25, 0.3) is 5.91 Å². The molecule has 8 heteroatoms. The first kappa shape index (κ1) is 21.0. The lowest BCUT2D eigenvalue weighted by Gasteiger charge is -2.19. The maximum atomic E-state index is 13.2. The Morgan fingerprint density at radius 3 is 2.50 bits per heavy atom. The van der Waals surface area contributed by atoms with Gasteiger partial charge in [-0.3, -0.25) is 14.5 Å². The number of aromatic nitrogens is 3. The van der Waals surface area contributed by atoms with Crippen molar-refractivity contribution < 1.29 is 14.3 Å². The summed E-state index contributed by atoms with van der Waals surface area (Å²) in [6.45, 7) is 4.07. The predicted molar refractivity (Wildman–Crippen MR) is 123 cm³/mol. The first-order valence-electron chi connectivity index (χ1n) is 10.0. The third-order valence-electron chi connectivity index (χ3n) is 5.41. The molecule has 0 saturated heterocycles.